The summed E-state index contributed by atoms with van der Waals surface area (Å²) in [6.07, 6.45) is 1.60. The number of aryl methyl sites for hydroxylation is 1. The molecule has 3 aromatic rings. The maximum Gasteiger partial charge on any atom is 0.333 e. The van der Waals surface area contributed by atoms with Crippen molar-refractivity contribution in [2.45, 2.75) is 54.3 Å². The third kappa shape index (κ3) is 4.37. The number of imidazole rings is 1. The first-order valence-corrected chi connectivity index (χ1v) is 10.2. The normalized spacial score (nSPS) is 11.6. The van der Waals surface area contributed by atoms with Gasteiger partial charge < -0.3 is 9.88 Å². The Morgan fingerprint density at radius 2 is 1.70 bits per heavy atom. The smallest absolute Gasteiger partial charge is 0.324 e. The van der Waals surface area contributed by atoms with Crippen LogP contribution in [0.3, 0.4) is 0 Å². The Hall–Kier alpha value is -3.16. The molecule has 2 aromatic heterocycles. The van der Waals surface area contributed by atoms with Gasteiger partial charge in [-0.15, -0.1) is 0 Å². The molecule has 0 unspecified atom stereocenters. The molecule has 0 bridgehead atoms. The molecule has 0 atom stereocenters. The van der Waals surface area contributed by atoms with Crippen molar-refractivity contribution in [2.75, 3.05) is 5.32 Å². The van der Waals surface area contributed by atoms with E-state index in [1.165, 1.54) is 4.57 Å². The van der Waals surface area contributed by atoms with Crippen molar-refractivity contribution in [1.82, 2.24) is 18.7 Å². The summed E-state index contributed by atoms with van der Waals surface area (Å²) < 4.78 is 4.28. The minimum Gasteiger partial charge on any atom is -0.324 e. The predicted molar refractivity (Wildman–Crippen MR) is 118 cm³/mol. The van der Waals surface area contributed by atoms with E-state index in [9.17, 15) is 14.4 Å². The van der Waals surface area contributed by atoms with E-state index in [1.807, 2.05) is 52.8 Å². The second-order valence-corrected chi connectivity index (χ2v) is 8.50. The third-order valence-corrected chi connectivity index (χ3v) is 4.81. The second kappa shape index (κ2) is 8.69. The molecule has 0 saturated carbocycles. The maximum atomic E-state index is 13.2. The Morgan fingerprint density at radius 1 is 1.03 bits per heavy atom. The molecule has 0 aliphatic rings. The monoisotopic (exact) mass is 411 g/mol. The fourth-order valence-electron chi connectivity index (χ4n) is 3.49. The Kier molecular flexibility index (Phi) is 6.24. The van der Waals surface area contributed by atoms with Gasteiger partial charge in [-0.25, -0.2) is 14.3 Å². The highest BCUT2D eigenvalue weighted by atomic mass is 16.2. The van der Waals surface area contributed by atoms with E-state index in [1.54, 1.807) is 17.0 Å². The molecule has 1 N–H and O–H groups in total. The number of nitrogens with one attached hydrogen (secondary N) is 1. The van der Waals surface area contributed by atoms with Crippen LogP contribution in [0.1, 0.15) is 33.3 Å². The summed E-state index contributed by atoms with van der Waals surface area (Å²) in [5.74, 6) is 0.0480. The number of hydrogen-bond acceptors (Lipinski definition) is 4. The summed E-state index contributed by atoms with van der Waals surface area (Å²) in [6, 6.07) is 7.37. The lowest BCUT2D eigenvalue weighted by Crippen LogP contribution is -2.43. The van der Waals surface area contributed by atoms with Crippen molar-refractivity contribution in [3.05, 3.63) is 57.0 Å². The highest BCUT2D eigenvalue weighted by Crippen LogP contribution is 2.14. The van der Waals surface area contributed by atoms with Crippen LogP contribution in [0.5, 0.6) is 0 Å². The SMILES string of the molecule is Cc1ccccc1NC(=O)Cn1c(=O)c2c(ncn2CC(C)C)n(CC(C)C)c1=O. The van der Waals surface area contributed by atoms with Gasteiger partial charge >= 0.3 is 5.69 Å². The van der Waals surface area contributed by atoms with E-state index in [0.717, 1.165) is 10.1 Å². The predicted octanol–water partition coefficient (Wildman–Crippen LogP) is 2.62. The van der Waals surface area contributed by atoms with Crippen molar-refractivity contribution in [3.8, 4) is 0 Å². The van der Waals surface area contributed by atoms with Crippen LogP contribution >= 0.6 is 0 Å². The molecule has 1 aromatic carbocycles. The molecule has 0 aliphatic carbocycles. The molecule has 0 fully saturated rings. The van der Waals surface area contributed by atoms with Gasteiger partial charge in [0, 0.05) is 18.8 Å². The van der Waals surface area contributed by atoms with E-state index < -0.39 is 17.2 Å². The summed E-state index contributed by atoms with van der Waals surface area (Å²) in [7, 11) is 0. The van der Waals surface area contributed by atoms with Crippen LogP contribution in [0.15, 0.2) is 40.2 Å². The van der Waals surface area contributed by atoms with Crippen LogP contribution in [0.25, 0.3) is 11.2 Å². The molecule has 8 heteroatoms. The van der Waals surface area contributed by atoms with Crippen LogP contribution < -0.4 is 16.6 Å². The van der Waals surface area contributed by atoms with Gasteiger partial charge in [0.1, 0.15) is 6.54 Å². The average Bonchev–Trinajstić information content (AvgIpc) is 3.07. The van der Waals surface area contributed by atoms with Gasteiger partial charge in [-0.2, -0.15) is 0 Å². The van der Waals surface area contributed by atoms with Crippen molar-refractivity contribution < 1.29 is 4.79 Å². The molecule has 0 saturated heterocycles. The van der Waals surface area contributed by atoms with Gasteiger partial charge in [-0.1, -0.05) is 45.9 Å². The molecule has 0 spiro atoms. The van der Waals surface area contributed by atoms with Gasteiger partial charge in [-0.3, -0.25) is 14.2 Å². The number of anilines is 1. The minimum absolute atomic E-state index is 0.174. The Labute approximate surface area is 175 Å². The molecule has 30 heavy (non-hydrogen) atoms. The second-order valence-electron chi connectivity index (χ2n) is 8.50. The summed E-state index contributed by atoms with van der Waals surface area (Å²) in [6.45, 7) is 10.6. The standard InChI is InChI=1S/C22H29N5O3/c1-14(2)10-25-13-23-20-19(25)21(29)27(22(30)26(20)11-15(3)4)12-18(28)24-17-9-7-6-8-16(17)5/h6-9,13-15H,10-12H2,1-5H3,(H,24,28). The van der Waals surface area contributed by atoms with Crippen LogP contribution in [-0.2, 0) is 24.4 Å². The molecule has 1 amide bonds. The van der Waals surface area contributed by atoms with Gasteiger partial charge in [0.05, 0.1) is 6.33 Å². The number of benzene rings is 1. The van der Waals surface area contributed by atoms with Crippen LogP contribution in [0.4, 0.5) is 5.69 Å². The highest BCUT2D eigenvalue weighted by Gasteiger charge is 2.20. The fourth-order valence-corrected chi connectivity index (χ4v) is 3.49. The molecule has 0 radical (unpaired) electrons. The zero-order valence-corrected chi connectivity index (χ0v) is 18.2. The zero-order chi connectivity index (χ0) is 22.0. The molecular weight excluding hydrogens is 382 g/mol. The van der Waals surface area contributed by atoms with Crippen molar-refractivity contribution >= 4 is 22.8 Å². The summed E-state index contributed by atoms with van der Waals surface area (Å²) in [5, 5.41) is 2.79. The molecule has 2 heterocycles. The van der Waals surface area contributed by atoms with Crippen molar-refractivity contribution in [1.29, 1.82) is 0 Å². The molecule has 3 rings (SSSR count). The quantitative estimate of drug-likeness (QED) is 0.647. The third-order valence-electron chi connectivity index (χ3n) is 4.81. The van der Waals surface area contributed by atoms with Crippen LogP contribution in [0, 0.1) is 18.8 Å². The summed E-state index contributed by atoms with van der Waals surface area (Å²) in [5.41, 5.74) is 1.27. The Bertz CT molecular complexity index is 1180. The maximum absolute atomic E-state index is 13.2. The van der Waals surface area contributed by atoms with E-state index >= 15 is 0 Å². The number of carbonyl (C=O) groups is 1. The zero-order valence-electron chi connectivity index (χ0n) is 18.2. The van der Waals surface area contributed by atoms with Crippen molar-refractivity contribution in [2.24, 2.45) is 11.8 Å². The van der Waals surface area contributed by atoms with Crippen molar-refractivity contribution in [3.63, 3.8) is 0 Å². The van der Waals surface area contributed by atoms with Crippen LogP contribution in [0.2, 0.25) is 0 Å². The van der Waals surface area contributed by atoms with Crippen LogP contribution in [-0.4, -0.2) is 24.6 Å². The number of amides is 1. The number of nitrogens with zero attached hydrogens (tertiary/aromatic N) is 4. The number of carbonyl (C=O) groups excluding carboxylic acids is 1. The fraction of sp³-hybridized carbons (Fsp3) is 0.455. The molecular formula is C22H29N5O3. The van der Waals surface area contributed by atoms with E-state index in [2.05, 4.69) is 10.3 Å². The molecule has 0 aliphatic heterocycles. The number of rotatable bonds is 7. The van der Waals surface area contributed by atoms with Gasteiger partial charge in [0.25, 0.3) is 5.56 Å². The number of fused-ring (bicyclic) bond motifs is 1. The summed E-state index contributed by atoms with van der Waals surface area (Å²) >= 11 is 0. The van der Waals surface area contributed by atoms with E-state index in [4.69, 9.17) is 0 Å². The lowest BCUT2D eigenvalue weighted by molar-refractivity contribution is -0.116. The first-order valence-electron chi connectivity index (χ1n) is 10.2. The van der Waals surface area contributed by atoms with Gasteiger partial charge in [0.15, 0.2) is 11.2 Å². The Balaban J connectivity index is 2.08. The first kappa shape index (κ1) is 21.5. The average molecular weight is 412 g/mol. The highest BCUT2D eigenvalue weighted by molar-refractivity contribution is 5.91. The number of para-hydroxylation sites is 1. The topological polar surface area (TPSA) is 90.9 Å². The number of aromatic nitrogens is 4. The van der Waals surface area contributed by atoms with Gasteiger partial charge in [0.2, 0.25) is 5.91 Å². The lowest BCUT2D eigenvalue weighted by atomic mass is 10.2. The Morgan fingerprint density at radius 3 is 2.33 bits per heavy atom. The lowest BCUT2D eigenvalue weighted by Gasteiger charge is -2.15. The van der Waals surface area contributed by atoms with E-state index in [-0.39, 0.29) is 12.5 Å². The molecule has 8 nitrogen and oxygen atoms in total. The molecule has 160 valence electrons. The van der Waals surface area contributed by atoms with Gasteiger partial charge in [-0.05, 0) is 30.4 Å². The summed E-state index contributed by atoms with van der Waals surface area (Å²) in [4.78, 5) is 43.4. The largest absolute Gasteiger partial charge is 0.333 e. The minimum atomic E-state index is -0.518. The number of hydrogen-bond donors (Lipinski definition) is 1. The van der Waals surface area contributed by atoms with E-state index in [0.29, 0.717) is 35.9 Å². The first-order chi connectivity index (χ1) is 14.2.